The summed E-state index contributed by atoms with van der Waals surface area (Å²) in [5.74, 6) is -0.0945. The molecule has 1 amide bonds. The van der Waals surface area contributed by atoms with Gasteiger partial charge in [-0.2, -0.15) is 11.3 Å². The van der Waals surface area contributed by atoms with Crippen molar-refractivity contribution in [2.45, 2.75) is 6.54 Å². The van der Waals surface area contributed by atoms with Crippen LogP contribution in [0.3, 0.4) is 0 Å². The predicted molar refractivity (Wildman–Crippen MR) is 69.3 cm³/mol. The Labute approximate surface area is 104 Å². The summed E-state index contributed by atoms with van der Waals surface area (Å²) < 4.78 is 0. The fourth-order valence-electron chi connectivity index (χ4n) is 1.46. The third-order valence-corrected chi connectivity index (χ3v) is 3.10. The van der Waals surface area contributed by atoms with Crippen molar-refractivity contribution in [2.24, 2.45) is 0 Å². The van der Waals surface area contributed by atoms with E-state index < -0.39 is 0 Å². The Bertz CT molecular complexity index is 496. The van der Waals surface area contributed by atoms with Gasteiger partial charge in [-0.25, -0.2) is 0 Å². The number of carbonyl (C=O) groups excluding carboxylic acids is 1. The summed E-state index contributed by atoms with van der Waals surface area (Å²) in [6, 6.07) is 3.70. The van der Waals surface area contributed by atoms with Crippen molar-refractivity contribution in [3.63, 3.8) is 0 Å². The molecule has 0 atom stereocenters. The fraction of sp³-hybridized carbons (Fsp3) is 0.167. The molecular formula is C12H13N3OS. The number of hydrogen-bond acceptors (Lipinski definition) is 4. The van der Waals surface area contributed by atoms with E-state index in [9.17, 15) is 4.79 Å². The molecule has 5 heteroatoms. The molecule has 0 unspecified atom stereocenters. The highest BCUT2D eigenvalue weighted by molar-refractivity contribution is 7.07. The van der Waals surface area contributed by atoms with Gasteiger partial charge in [0.2, 0.25) is 0 Å². The van der Waals surface area contributed by atoms with Gasteiger partial charge in [-0.15, -0.1) is 0 Å². The van der Waals surface area contributed by atoms with E-state index in [0.29, 0.717) is 12.1 Å². The lowest BCUT2D eigenvalue weighted by atomic mass is 10.2. The first kappa shape index (κ1) is 11.6. The van der Waals surface area contributed by atoms with Gasteiger partial charge in [0.1, 0.15) is 0 Å². The molecule has 0 saturated carbocycles. The first-order valence-corrected chi connectivity index (χ1v) is 6.16. The smallest absolute Gasteiger partial charge is 0.253 e. The highest BCUT2D eigenvalue weighted by atomic mass is 32.1. The zero-order valence-corrected chi connectivity index (χ0v) is 10.3. The van der Waals surface area contributed by atoms with Crippen LogP contribution < -0.4 is 10.6 Å². The number of aromatic nitrogens is 1. The van der Waals surface area contributed by atoms with Crippen molar-refractivity contribution in [1.82, 2.24) is 10.3 Å². The van der Waals surface area contributed by atoms with Gasteiger partial charge in [-0.1, -0.05) is 0 Å². The minimum absolute atomic E-state index is 0.0945. The second-order valence-electron chi connectivity index (χ2n) is 3.49. The van der Waals surface area contributed by atoms with Gasteiger partial charge in [0.15, 0.2) is 0 Å². The zero-order chi connectivity index (χ0) is 12.1. The van der Waals surface area contributed by atoms with Gasteiger partial charge in [-0.3, -0.25) is 9.78 Å². The van der Waals surface area contributed by atoms with Gasteiger partial charge in [-0.05, 0) is 28.5 Å². The first-order chi connectivity index (χ1) is 8.31. The third kappa shape index (κ3) is 2.82. The van der Waals surface area contributed by atoms with E-state index in [1.54, 1.807) is 36.8 Å². The van der Waals surface area contributed by atoms with E-state index in [0.717, 1.165) is 11.3 Å². The average molecular weight is 247 g/mol. The molecule has 0 aliphatic rings. The summed E-state index contributed by atoms with van der Waals surface area (Å²) in [7, 11) is 1.77. The highest BCUT2D eigenvalue weighted by Gasteiger charge is 2.09. The van der Waals surface area contributed by atoms with Crippen LogP contribution in [0.5, 0.6) is 0 Å². The van der Waals surface area contributed by atoms with Crippen molar-refractivity contribution in [1.29, 1.82) is 0 Å². The molecule has 0 aliphatic heterocycles. The Hall–Kier alpha value is -1.88. The van der Waals surface area contributed by atoms with Crippen LogP contribution in [0.25, 0.3) is 0 Å². The molecule has 88 valence electrons. The van der Waals surface area contributed by atoms with E-state index >= 15 is 0 Å². The summed E-state index contributed by atoms with van der Waals surface area (Å²) in [4.78, 5) is 15.9. The minimum Gasteiger partial charge on any atom is -0.386 e. The van der Waals surface area contributed by atoms with Gasteiger partial charge >= 0.3 is 0 Å². The Morgan fingerprint density at radius 3 is 3.06 bits per heavy atom. The second-order valence-corrected chi connectivity index (χ2v) is 4.27. The first-order valence-electron chi connectivity index (χ1n) is 5.22. The molecule has 0 radical (unpaired) electrons. The Morgan fingerprint density at radius 2 is 2.35 bits per heavy atom. The molecule has 0 aromatic carbocycles. The standard InChI is InChI=1S/C12H13N3OS/c1-13-11-7-14-4-2-10(11)12(16)15-6-9-3-5-17-8-9/h2-5,7-8,13H,6H2,1H3,(H,15,16). The van der Waals surface area contributed by atoms with Crippen LogP contribution in [0.2, 0.25) is 0 Å². The molecule has 0 fully saturated rings. The van der Waals surface area contributed by atoms with Crippen LogP contribution >= 0.6 is 11.3 Å². The minimum atomic E-state index is -0.0945. The number of amides is 1. The molecule has 2 N–H and O–H groups in total. The summed E-state index contributed by atoms with van der Waals surface area (Å²) in [6.07, 6.45) is 3.25. The van der Waals surface area contributed by atoms with Crippen molar-refractivity contribution in [3.05, 3.63) is 46.4 Å². The molecule has 0 aliphatic carbocycles. The molecule has 2 aromatic rings. The monoisotopic (exact) mass is 247 g/mol. The van der Waals surface area contributed by atoms with Crippen LogP contribution in [0, 0.1) is 0 Å². The Balaban J connectivity index is 2.04. The molecule has 2 heterocycles. The third-order valence-electron chi connectivity index (χ3n) is 2.37. The predicted octanol–water partition coefficient (Wildman–Crippen LogP) is 2.11. The van der Waals surface area contributed by atoms with Gasteiger partial charge in [0.25, 0.3) is 5.91 Å². The summed E-state index contributed by atoms with van der Waals surface area (Å²) >= 11 is 1.62. The van der Waals surface area contributed by atoms with Crippen molar-refractivity contribution < 1.29 is 4.79 Å². The van der Waals surface area contributed by atoms with E-state index in [2.05, 4.69) is 15.6 Å². The topological polar surface area (TPSA) is 54.0 Å². The molecule has 0 saturated heterocycles. The van der Waals surface area contributed by atoms with Crippen molar-refractivity contribution in [2.75, 3.05) is 12.4 Å². The maximum absolute atomic E-state index is 11.9. The number of thiophene rings is 1. The fourth-order valence-corrected chi connectivity index (χ4v) is 2.13. The molecule has 2 rings (SSSR count). The number of pyridine rings is 1. The van der Waals surface area contributed by atoms with Crippen LogP contribution in [-0.2, 0) is 6.54 Å². The lowest BCUT2D eigenvalue weighted by molar-refractivity contribution is 0.0951. The Morgan fingerprint density at radius 1 is 1.47 bits per heavy atom. The summed E-state index contributed by atoms with van der Waals surface area (Å²) in [5.41, 5.74) is 2.46. The SMILES string of the molecule is CNc1cnccc1C(=O)NCc1ccsc1. The van der Waals surface area contributed by atoms with Crippen molar-refractivity contribution >= 4 is 22.9 Å². The van der Waals surface area contributed by atoms with Crippen LogP contribution in [0.1, 0.15) is 15.9 Å². The molecule has 0 bridgehead atoms. The summed E-state index contributed by atoms with van der Waals surface area (Å²) in [5, 5.41) is 9.84. The van der Waals surface area contributed by atoms with Gasteiger partial charge in [0.05, 0.1) is 17.4 Å². The lowest BCUT2D eigenvalue weighted by Gasteiger charge is -2.08. The molecule has 0 spiro atoms. The molecular weight excluding hydrogens is 234 g/mol. The largest absolute Gasteiger partial charge is 0.386 e. The molecule has 4 nitrogen and oxygen atoms in total. The number of rotatable bonds is 4. The van der Waals surface area contributed by atoms with Crippen LogP contribution in [-0.4, -0.2) is 17.9 Å². The summed E-state index contributed by atoms with van der Waals surface area (Å²) in [6.45, 7) is 0.549. The van der Waals surface area contributed by atoms with E-state index in [1.807, 2.05) is 16.8 Å². The number of hydrogen-bond donors (Lipinski definition) is 2. The molecule has 2 aromatic heterocycles. The van der Waals surface area contributed by atoms with Gasteiger partial charge < -0.3 is 10.6 Å². The quantitative estimate of drug-likeness (QED) is 0.870. The Kier molecular flexibility index (Phi) is 3.72. The van der Waals surface area contributed by atoms with E-state index in [-0.39, 0.29) is 5.91 Å². The van der Waals surface area contributed by atoms with Crippen molar-refractivity contribution in [3.8, 4) is 0 Å². The maximum Gasteiger partial charge on any atom is 0.253 e. The number of nitrogens with one attached hydrogen (secondary N) is 2. The van der Waals surface area contributed by atoms with Gasteiger partial charge in [0, 0.05) is 19.8 Å². The maximum atomic E-state index is 11.9. The zero-order valence-electron chi connectivity index (χ0n) is 9.43. The normalized spacial score (nSPS) is 9.94. The highest BCUT2D eigenvalue weighted by Crippen LogP contribution is 2.12. The van der Waals surface area contributed by atoms with Crippen LogP contribution in [0.15, 0.2) is 35.3 Å². The number of anilines is 1. The second kappa shape index (κ2) is 5.45. The number of nitrogens with zero attached hydrogens (tertiary/aromatic N) is 1. The average Bonchev–Trinajstić information content (AvgIpc) is 2.89. The number of carbonyl (C=O) groups is 1. The van der Waals surface area contributed by atoms with E-state index in [1.165, 1.54) is 0 Å². The van der Waals surface area contributed by atoms with Crippen LogP contribution in [0.4, 0.5) is 5.69 Å². The van der Waals surface area contributed by atoms with E-state index in [4.69, 9.17) is 0 Å². The molecule has 17 heavy (non-hydrogen) atoms. The lowest BCUT2D eigenvalue weighted by Crippen LogP contribution is -2.23.